The van der Waals surface area contributed by atoms with Crippen molar-refractivity contribution in [2.24, 2.45) is 0 Å². The molecule has 1 aromatic carbocycles. The van der Waals surface area contributed by atoms with Crippen LogP contribution < -0.4 is 5.32 Å². The number of ether oxygens (including phenoxy) is 3. The van der Waals surface area contributed by atoms with Crippen LogP contribution in [0.2, 0.25) is 0 Å². The largest absolute Gasteiger partial charge is 0.465 e. The number of carbonyl (C=O) groups is 3. The highest BCUT2D eigenvalue weighted by Crippen LogP contribution is 2.01. The molecule has 0 aliphatic carbocycles. The second-order valence-electron chi connectivity index (χ2n) is 5.86. The molecule has 0 spiro atoms. The summed E-state index contributed by atoms with van der Waals surface area (Å²) in [6.07, 6.45) is 0.495. The van der Waals surface area contributed by atoms with Crippen LogP contribution >= 0.6 is 0 Å². The monoisotopic (exact) mass is 393 g/mol. The number of esters is 2. The number of rotatable bonds is 10. The van der Waals surface area contributed by atoms with Crippen molar-refractivity contribution in [3.8, 4) is 0 Å². The van der Waals surface area contributed by atoms with Gasteiger partial charge in [-0.25, -0.2) is 4.79 Å². The minimum atomic E-state index is -0.790. The summed E-state index contributed by atoms with van der Waals surface area (Å²) >= 11 is 0. The normalized spacial score (nSPS) is 9.93. The van der Waals surface area contributed by atoms with Crippen molar-refractivity contribution in [1.82, 2.24) is 10.2 Å². The van der Waals surface area contributed by atoms with Crippen molar-refractivity contribution in [2.45, 2.75) is 26.2 Å². The van der Waals surface area contributed by atoms with Crippen LogP contribution in [0.1, 0.15) is 25.3 Å². The van der Waals surface area contributed by atoms with E-state index < -0.39 is 12.1 Å². The summed E-state index contributed by atoms with van der Waals surface area (Å²) in [5.41, 5.74) is 0.892. The molecule has 1 aromatic rings. The molecule has 2 N–H and O–H groups in total. The smallest absolute Gasteiger partial charge is 0.413 e. The molecule has 0 unspecified atom stereocenters. The van der Waals surface area contributed by atoms with Gasteiger partial charge >= 0.3 is 18.0 Å². The third-order valence-electron chi connectivity index (χ3n) is 3.50. The van der Waals surface area contributed by atoms with E-state index >= 15 is 0 Å². The third-order valence-corrected chi connectivity index (χ3v) is 3.50. The van der Waals surface area contributed by atoms with Crippen LogP contribution in [0.15, 0.2) is 30.3 Å². The van der Waals surface area contributed by atoms with Gasteiger partial charge in [0.05, 0.1) is 26.2 Å². The number of amides is 1. The Morgan fingerprint density at radius 3 is 2.29 bits per heavy atom. The van der Waals surface area contributed by atoms with Crippen molar-refractivity contribution >= 4 is 24.0 Å². The van der Waals surface area contributed by atoms with Gasteiger partial charge in [-0.05, 0) is 25.3 Å². The van der Waals surface area contributed by atoms with Gasteiger partial charge in [0.1, 0.15) is 6.54 Å². The first-order chi connectivity index (χ1) is 13.4. The molecule has 0 radical (unpaired) electrons. The SMILES string of the molecule is CCOC(=O)CN(C)C(=N)NC(=O)OCCCCOC(=O)Cc1ccccc1. The standard InChI is InChI=1S/C19H27N3O6/c1-3-26-17(24)14-22(2)18(20)21-19(25)28-12-8-7-11-27-16(23)13-15-9-5-4-6-10-15/h4-6,9-10H,3,7-8,11-14H2,1-2H3,(H2,20,21,25). The maximum Gasteiger partial charge on any atom is 0.413 e. The molecule has 0 heterocycles. The van der Waals surface area contributed by atoms with Crippen molar-refractivity contribution in [2.75, 3.05) is 33.4 Å². The minimum absolute atomic E-state index is 0.122. The maximum absolute atomic E-state index is 11.7. The lowest BCUT2D eigenvalue weighted by molar-refractivity contribution is -0.144. The predicted octanol–water partition coefficient (Wildman–Crippen LogP) is 1.71. The molecule has 28 heavy (non-hydrogen) atoms. The Kier molecular flexibility index (Phi) is 10.8. The van der Waals surface area contributed by atoms with E-state index in [0.717, 1.165) is 5.56 Å². The summed E-state index contributed by atoms with van der Waals surface area (Å²) in [7, 11) is 1.48. The van der Waals surface area contributed by atoms with E-state index in [0.29, 0.717) is 12.8 Å². The number of guanidine groups is 1. The highest BCUT2D eigenvalue weighted by atomic mass is 16.6. The van der Waals surface area contributed by atoms with Gasteiger partial charge in [0.25, 0.3) is 0 Å². The Bertz CT molecular complexity index is 650. The second-order valence-corrected chi connectivity index (χ2v) is 5.86. The first-order valence-corrected chi connectivity index (χ1v) is 9.01. The number of nitrogens with one attached hydrogen (secondary N) is 2. The van der Waals surface area contributed by atoms with Crippen LogP contribution in [0.4, 0.5) is 4.79 Å². The van der Waals surface area contributed by atoms with Crippen molar-refractivity contribution in [1.29, 1.82) is 5.41 Å². The van der Waals surface area contributed by atoms with E-state index in [9.17, 15) is 14.4 Å². The molecule has 9 heteroatoms. The Hall–Kier alpha value is -3.10. The molecule has 1 amide bonds. The van der Waals surface area contributed by atoms with Crippen molar-refractivity contribution in [3.63, 3.8) is 0 Å². The van der Waals surface area contributed by atoms with E-state index in [2.05, 4.69) is 5.32 Å². The Balaban J connectivity index is 2.09. The number of carbonyl (C=O) groups excluding carboxylic acids is 3. The molecule has 0 aromatic heterocycles. The lowest BCUT2D eigenvalue weighted by atomic mass is 10.2. The third kappa shape index (κ3) is 10.1. The summed E-state index contributed by atoms with van der Waals surface area (Å²) in [4.78, 5) is 35.8. The van der Waals surface area contributed by atoms with E-state index in [4.69, 9.17) is 19.6 Å². The average Bonchev–Trinajstić information content (AvgIpc) is 2.65. The maximum atomic E-state index is 11.7. The van der Waals surface area contributed by atoms with E-state index in [-0.39, 0.29) is 44.7 Å². The van der Waals surface area contributed by atoms with Gasteiger partial charge in [0.2, 0.25) is 5.96 Å². The highest BCUT2D eigenvalue weighted by Gasteiger charge is 2.13. The van der Waals surface area contributed by atoms with Crippen LogP contribution in [0.25, 0.3) is 0 Å². The van der Waals surface area contributed by atoms with Gasteiger partial charge in [-0.1, -0.05) is 30.3 Å². The molecule has 0 saturated heterocycles. The summed E-state index contributed by atoms with van der Waals surface area (Å²) < 4.78 is 14.8. The van der Waals surface area contributed by atoms with Gasteiger partial charge in [-0.15, -0.1) is 0 Å². The number of benzene rings is 1. The highest BCUT2D eigenvalue weighted by molar-refractivity contribution is 5.93. The molecule has 1 rings (SSSR count). The van der Waals surface area contributed by atoms with Crippen molar-refractivity contribution in [3.05, 3.63) is 35.9 Å². The molecule has 9 nitrogen and oxygen atoms in total. The van der Waals surface area contributed by atoms with Crippen LogP contribution in [-0.2, 0) is 30.2 Å². The van der Waals surface area contributed by atoms with Gasteiger partial charge in [0, 0.05) is 7.05 Å². The molecular weight excluding hydrogens is 366 g/mol. The molecule has 154 valence electrons. The fourth-order valence-corrected chi connectivity index (χ4v) is 2.08. The van der Waals surface area contributed by atoms with Crippen LogP contribution in [0, 0.1) is 5.41 Å². The summed E-state index contributed by atoms with van der Waals surface area (Å²) in [5, 5.41) is 9.90. The molecule has 0 aliphatic rings. The van der Waals surface area contributed by atoms with Gasteiger partial charge in [-0.2, -0.15) is 0 Å². The lowest BCUT2D eigenvalue weighted by Gasteiger charge is -2.18. The molecule has 0 bridgehead atoms. The van der Waals surface area contributed by atoms with Gasteiger partial charge in [0.15, 0.2) is 0 Å². The number of hydrogen-bond donors (Lipinski definition) is 2. The fourth-order valence-electron chi connectivity index (χ4n) is 2.08. The second kappa shape index (κ2) is 13.1. The number of hydrogen-bond acceptors (Lipinski definition) is 7. The van der Waals surface area contributed by atoms with Crippen molar-refractivity contribution < 1.29 is 28.6 Å². The van der Waals surface area contributed by atoms with Crippen LogP contribution in [0.3, 0.4) is 0 Å². The molecule has 0 saturated carbocycles. The zero-order valence-electron chi connectivity index (χ0n) is 16.2. The van der Waals surface area contributed by atoms with Crippen LogP contribution in [-0.4, -0.2) is 62.3 Å². The summed E-state index contributed by atoms with van der Waals surface area (Å²) in [6, 6.07) is 9.31. The van der Waals surface area contributed by atoms with E-state index in [1.54, 1.807) is 6.92 Å². The summed E-state index contributed by atoms with van der Waals surface area (Å²) in [6.45, 7) is 2.15. The zero-order valence-corrected chi connectivity index (χ0v) is 16.2. The quantitative estimate of drug-likeness (QED) is 0.204. The molecule has 0 atom stereocenters. The van der Waals surface area contributed by atoms with E-state index in [1.807, 2.05) is 30.3 Å². The lowest BCUT2D eigenvalue weighted by Crippen LogP contribution is -2.44. The Labute approximate surface area is 164 Å². The number of unbranched alkanes of at least 4 members (excludes halogenated alkanes) is 1. The average molecular weight is 393 g/mol. The van der Waals surface area contributed by atoms with Gasteiger partial charge in [-0.3, -0.25) is 20.3 Å². The number of likely N-dealkylation sites (N-methyl/N-ethyl adjacent to an activating group) is 1. The molecule has 0 aliphatic heterocycles. The predicted molar refractivity (Wildman–Crippen MR) is 102 cm³/mol. The Morgan fingerprint density at radius 2 is 1.64 bits per heavy atom. The molecular formula is C19H27N3O6. The van der Waals surface area contributed by atoms with Crippen LogP contribution in [0.5, 0.6) is 0 Å². The molecule has 0 fully saturated rings. The minimum Gasteiger partial charge on any atom is -0.465 e. The van der Waals surface area contributed by atoms with E-state index in [1.165, 1.54) is 11.9 Å². The zero-order chi connectivity index (χ0) is 20.8. The first-order valence-electron chi connectivity index (χ1n) is 9.01. The van der Waals surface area contributed by atoms with Gasteiger partial charge < -0.3 is 19.1 Å². The number of alkyl carbamates (subject to hydrolysis) is 1. The Morgan fingerprint density at radius 1 is 1.00 bits per heavy atom. The topological polar surface area (TPSA) is 118 Å². The number of nitrogens with zero attached hydrogens (tertiary/aromatic N) is 1. The first kappa shape index (κ1) is 22.9. The fraction of sp³-hybridized carbons (Fsp3) is 0.474. The summed E-state index contributed by atoms with van der Waals surface area (Å²) in [5.74, 6) is -1.07.